The molecule has 25 heavy (non-hydrogen) atoms. The second kappa shape index (κ2) is 7.39. The third-order valence-electron chi connectivity index (χ3n) is 4.96. The molecule has 2 aromatic heterocycles. The van der Waals surface area contributed by atoms with Gasteiger partial charge in [-0.1, -0.05) is 0 Å². The standard InChI is InChI=1S/C18H28N6O/c1-12(2)23-8-9-24-15(11-23)10-17(22-24)18(25)19-7-5-6-16-13(3)20-21-14(16)4/h10,12H,5-9,11H2,1-4H3,(H,19,25)(H,20,21). The van der Waals surface area contributed by atoms with Crippen molar-refractivity contribution < 1.29 is 4.79 Å². The Bertz CT molecular complexity index is 725. The van der Waals surface area contributed by atoms with Crippen molar-refractivity contribution in [1.29, 1.82) is 0 Å². The number of aromatic nitrogens is 4. The molecule has 1 aliphatic heterocycles. The highest BCUT2D eigenvalue weighted by Crippen LogP contribution is 2.16. The summed E-state index contributed by atoms with van der Waals surface area (Å²) in [6.07, 6.45) is 1.80. The Morgan fingerprint density at radius 1 is 1.36 bits per heavy atom. The summed E-state index contributed by atoms with van der Waals surface area (Å²) < 4.78 is 1.96. The fourth-order valence-corrected chi connectivity index (χ4v) is 3.34. The predicted octanol–water partition coefficient (Wildman–Crippen LogP) is 1.81. The van der Waals surface area contributed by atoms with E-state index < -0.39 is 0 Å². The van der Waals surface area contributed by atoms with Crippen LogP contribution in [0.4, 0.5) is 0 Å². The molecule has 0 aliphatic carbocycles. The molecule has 0 saturated carbocycles. The first-order chi connectivity index (χ1) is 12.0. The molecule has 1 amide bonds. The van der Waals surface area contributed by atoms with E-state index in [1.165, 1.54) is 5.56 Å². The highest BCUT2D eigenvalue weighted by molar-refractivity contribution is 5.92. The topological polar surface area (TPSA) is 78.8 Å². The van der Waals surface area contributed by atoms with Crippen LogP contribution in [0.2, 0.25) is 0 Å². The van der Waals surface area contributed by atoms with Crippen LogP contribution in [0, 0.1) is 13.8 Å². The van der Waals surface area contributed by atoms with Gasteiger partial charge in [0.05, 0.1) is 17.9 Å². The van der Waals surface area contributed by atoms with Gasteiger partial charge >= 0.3 is 0 Å². The smallest absolute Gasteiger partial charge is 0.271 e. The molecule has 0 atom stereocenters. The number of nitrogens with one attached hydrogen (secondary N) is 2. The molecule has 0 aromatic carbocycles. The van der Waals surface area contributed by atoms with Gasteiger partial charge in [-0.25, -0.2) is 0 Å². The highest BCUT2D eigenvalue weighted by Gasteiger charge is 2.22. The van der Waals surface area contributed by atoms with Gasteiger partial charge in [0.1, 0.15) is 5.69 Å². The summed E-state index contributed by atoms with van der Waals surface area (Å²) in [4.78, 5) is 14.8. The molecule has 3 heterocycles. The van der Waals surface area contributed by atoms with E-state index in [2.05, 4.69) is 39.4 Å². The number of hydrogen-bond donors (Lipinski definition) is 2. The number of carbonyl (C=O) groups is 1. The minimum atomic E-state index is -0.0846. The summed E-state index contributed by atoms with van der Waals surface area (Å²) in [6.45, 7) is 11.8. The van der Waals surface area contributed by atoms with Gasteiger partial charge in [-0.05, 0) is 52.2 Å². The van der Waals surface area contributed by atoms with Crippen molar-refractivity contribution in [2.75, 3.05) is 13.1 Å². The van der Waals surface area contributed by atoms with Crippen LogP contribution in [-0.2, 0) is 19.5 Å². The number of carbonyl (C=O) groups excluding carboxylic acids is 1. The Morgan fingerprint density at radius 2 is 2.16 bits per heavy atom. The number of nitrogens with zero attached hydrogens (tertiary/aromatic N) is 4. The summed E-state index contributed by atoms with van der Waals surface area (Å²) in [5.41, 5.74) is 5.05. The van der Waals surface area contributed by atoms with Crippen molar-refractivity contribution in [3.05, 3.63) is 34.4 Å². The number of rotatable bonds is 6. The lowest BCUT2D eigenvalue weighted by molar-refractivity contribution is 0.0947. The highest BCUT2D eigenvalue weighted by atomic mass is 16.1. The zero-order valence-electron chi connectivity index (χ0n) is 15.6. The predicted molar refractivity (Wildman–Crippen MR) is 96.5 cm³/mol. The van der Waals surface area contributed by atoms with Crippen LogP contribution in [0.25, 0.3) is 0 Å². The van der Waals surface area contributed by atoms with E-state index in [1.54, 1.807) is 0 Å². The van der Waals surface area contributed by atoms with Gasteiger partial charge < -0.3 is 5.32 Å². The fraction of sp³-hybridized carbons (Fsp3) is 0.611. The summed E-state index contributed by atoms with van der Waals surface area (Å²) in [7, 11) is 0. The molecule has 0 saturated heterocycles. The molecular formula is C18H28N6O. The molecule has 0 unspecified atom stereocenters. The monoisotopic (exact) mass is 344 g/mol. The van der Waals surface area contributed by atoms with Crippen LogP contribution in [0.1, 0.15) is 53.4 Å². The molecule has 3 rings (SSSR count). The lowest BCUT2D eigenvalue weighted by Crippen LogP contribution is -2.38. The van der Waals surface area contributed by atoms with Crippen LogP contribution in [-0.4, -0.2) is 49.9 Å². The van der Waals surface area contributed by atoms with Crippen molar-refractivity contribution >= 4 is 5.91 Å². The Balaban J connectivity index is 1.51. The first kappa shape index (κ1) is 17.7. The lowest BCUT2D eigenvalue weighted by Gasteiger charge is -2.30. The van der Waals surface area contributed by atoms with Gasteiger partial charge in [-0.2, -0.15) is 10.2 Å². The number of H-pyrrole nitrogens is 1. The largest absolute Gasteiger partial charge is 0.351 e. The van der Waals surface area contributed by atoms with Gasteiger partial charge in [0, 0.05) is 31.4 Å². The van der Waals surface area contributed by atoms with Crippen molar-refractivity contribution in [1.82, 2.24) is 30.2 Å². The van der Waals surface area contributed by atoms with Crippen LogP contribution in [0.15, 0.2) is 6.07 Å². The summed E-state index contributed by atoms with van der Waals surface area (Å²) in [6, 6.07) is 2.43. The molecule has 0 radical (unpaired) electrons. The molecule has 0 bridgehead atoms. The second-order valence-electron chi connectivity index (χ2n) is 7.08. The molecule has 0 fully saturated rings. The zero-order valence-corrected chi connectivity index (χ0v) is 15.6. The fourth-order valence-electron chi connectivity index (χ4n) is 3.34. The zero-order chi connectivity index (χ0) is 18.0. The van der Waals surface area contributed by atoms with Gasteiger partial charge in [-0.15, -0.1) is 0 Å². The quantitative estimate of drug-likeness (QED) is 0.784. The number of amides is 1. The molecule has 7 nitrogen and oxygen atoms in total. The third kappa shape index (κ3) is 3.92. The number of aromatic amines is 1. The minimum absolute atomic E-state index is 0.0846. The van der Waals surface area contributed by atoms with E-state index in [1.807, 2.05) is 24.6 Å². The third-order valence-corrected chi connectivity index (χ3v) is 4.96. The van der Waals surface area contributed by atoms with Crippen LogP contribution >= 0.6 is 0 Å². The van der Waals surface area contributed by atoms with Crippen molar-refractivity contribution in [3.63, 3.8) is 0 Å². The SMILES string of the molecule is Cc1n[nH]c(C)c1CCCNC(=O)c1cc2n(n1)CCN(C(C)C)C2. The van der Waals surface area contributed by atoms with Gasteiger partial charge in [0.25, 0.3) is 5.91 Å². The average molecular weight is 344 g/mol. The summed E-state index contributed by atoms with van der Waals surface area (Å²) >= 11 is 0. The Morgan fingerprint density at radius 3 is 2.84 bits per heavy atom. The molecular weight excluding hydrogens is 316 g/mol. The Kier molecular flexibility index (Phi) is 5.22. The van der Waals surface area contributed by atoms with Gasteiger partial charge in [0.15, 0.2) is 0 Å². The first-order valence-electron chi connectivity index (χ1n) is 9.05. The number of fused-ring (bicyclic) bond motifs is 1. The van der Waals surface area contributed by atoms with Gasteiger partial charge in [0.2, 0.25) is 0 Å². The van der Waals surface area contributed by atoms with E-state index in [0.717, 1.165) is 49.6 Å². The van der Waals surface area contributed by atoms with Crippen LogP contribution in [0.3, 0.4) is 0 Å². The molecule has 0 spiro atoms. The molecule has 1 aliphatic rings. The molecule has 7 heteroatoms. The first-order valence-corrected chi connectivity index (χ1v) is 9.05. The van der Waals surface area contributed by atoms with E-state index in [-0.39, 0.29) is 5.91 Å². The Hall–Kier alpha value is -2.15. The van der Waals surface area contributed by atoms with E-state index in [4.69, 9.17) is 0 Å². The van der Waals surface area contributed by atoms with E-state index in [0.29, 0.717) is 18.3 Å². The second-order valence-corrected chi connectivity index (χ2v) is 7.08. The lowest BCUT2D eigenvalue weighted by atomic mass is 10.1. The van der Waals surface area contributed by atoms with Crippen molar-refractivity contribution in [3.8, 4) is 0 Å². The van der Waals surface area contributed by atoms with Gasteiger partial charge in [-0.3, -0.25) is 19.5 Å². The van der Waals surface area contributed by atoms with E-state index in [9.17, 15) is 4.79 Å². The maximum atomic E-state index is 12.4. The van der Waals surface area contributed by atoms with E-state index >= 15 is 0 Å². The molecule has 136 valence electrons. The normalized spacial score (nSPS) is 14.8. The van der Waals surface area contributed by atoms with Crippen molar-refractivity contribution in [2.45, 2.75) is 59.7 Å². The minimum Gasteiger partial charge on any atom is -0.351 e. The average Bonchev–Trinajstić information content (AvgIpc) is 3.15. The molecule has 2 N–H and O–H groups in total. The maximum Gasteiger partial charge on any atom is 0.271 e. The number of hydrogen-bond acceptors (Lipinski definition) is 4. The molecule has 2 aromatic rings. The van der Waals surface area contributed by atoms with Crippen LogP contribution in [0.5, 0.6) is 0 Å². The van der Waals surface area contributed by atoms with Crippen LogP contribution < -0.4 is 5.32 Å². The summed E-state index contributed by atoms with van der Waals surface area (Å²) in [5, 5.41) is 14.7. The Labute approximate surface area is 148 Å². The number of aryl methyl sites for hydroxylation is 2. The summed E-state index contributed by atoms with van der Waals surface area (Å²) in [5.74, 6) is -0.0846. The maximum absolute atomic E-state index is 12.4. The van der Waals surface area contributed by atoms with Crippen molar-refractivity contribution in [2.24, 2.45) is 0 Å².